The molecule has 7 heteroatoms. The van der Waals surface area contributed by atoms with Crippen molar-refractivity contribution in [1.29, 1.82) is 0 Å². The number of hydrogen-bond donors (Lipinski definition) is 2. The van der Waals surface area contributed by atoms with Gasteiger partial charge in [-0.1, -0.05) is 32.0 Å². The highest BCUT2D eigenvalue weighted by atomic mass is 32.2. The predicted octanol–water partition coefficient (Wildman–Crippen LogP) is 4.35. The first-order valence-electron chi connectivity index (χ1n) is 9.48. The minimum atomic E-state index is -0.611. The molecule has 2 aromatic carbocycles. The molecule has 2 N–H and O–H groups in total. The molecule has 0 fully saturated rings. The molecular formula is C22H24N2O4S. The molecule has 0 atom stereocenters. The Balaban J connectivity index is 1.64. The predicted molar refractivity (Wildman–Crippen MR) is 115 cm³/mol. The number of anilines is 2. The van der Waals surface area contributed by atoms with E-state index in [0.29, 0.717) is 17.9 Å². The van der Waals surface area contributed by atoms with E-state index in [2.05, 4.69) is 24.5 Å². The van der Waals surface area contributed by atoms with E-state index in [4.69, 9.17) is 4.74 Å². The zero-order valence-corrected chi connectivity index (χ0v) is 17.5. The fourth-order valence-electron chi connectivity index (χ4n) is 3.08. The lowest BCUT2D eigenvalue weighted by atomic mass is 9.98. The number of para-hydroxylation sites is 1. The summed E-state index contributed by atoms with van der Waals surface area (Å²) >= 11 is 1.56. The number of carbonyl (C=O) groups excluding carboxylic acids is 3. The van der Waals surface area contributed by atoms with E-state index in [1.165, 1.54) is 0 Å². The third-order valence-electron chi connectivity index (χ3n) is 4.60. The Morgan fingerprint density at radius 1 is 1.24 bits per heavy atom. The van der Waals surface area contributed by atoms with Crippen LogP contribution in [0.25, 0.3) is 0 Å². The highest BCUT2D eigenvalue weighted by Gasteiger charge is 2.18. The number of esters is 1. The van der Waals surface area contributed by atoms with E-state index in [1.54, 1.807) is 30.0 Å². The second-order valence-electron chi connectivity index (χ2n) is 7.18. The van der Waals surface area contributed by atoms with Crippen LogP contribution in [-0.2, 0) is 14.3 Å². The molecule has 152 valence electrons. The van der Waals surface area contributed by atoms with Crippen LogP contribution < -0.4 is 10.6 Å². The number of ether oxygens (including phenoxy) is 1. The van der Waals surface area contributed by atoms with E-state index in [9.17, 15) is 14.4 Å². The van der Waals surface area contributed by atoms with E-state index >= 15 is 0 Å². The van der Waals surface area contributed by atoms with Gasteiger partial charge in [0.05, 0.1) is 11.3 Å². The van der Waals surface area contributed by atoms with Gasteiger partial charge < -0.3 is 15.4 Å². The van der Waals surface area contributed by atoms with Crippen molar-refractivity contribution < 1.29 is 19.1 Å². The molecule has 0 aromatic heterocycles. The first kappa shape index (κ1) is 20.9. The highest BCUT2D eigenvalue weighted by molar-refractivity contribution is 7.99. The second kappa shape index (κ2) is 9.13. The number of aryl methyl sites for hydroxylation is 1. The number of benzene rings is 2. The average Bonchev–Trinajstić information content (AvgIpc) is 2.87. The molecule has 1 aliphatic rings. The van der Waals surface area contributed by atoms with Crippen LogP contribution in [0.15, 0.2) is 41.3 Å². The molecule has 3 rings (SSSR count). The molecule has 0 bridgehead atoms. The molecule has 0 radical (unpaired) electrons. The van der Waals surface area contributed by atoms with Gasteiger partial charge in [0.15, 0.2) is 6.61 Å². The van der Waals surface area contributed by atoms with Crippen LogP contribution in [-0.4, -0.2) is 30.1 Å². The molecule has 0 aliphatic carbocycles. The van der Waals surface area contributed by atoms with Crippen molar-refractivity contribution in [2.24, 2.45) is 0 Å². The maximum atomic E-state index is 12.4. The Bertz CT molecular complexity index is 956. The molecule has 1 aliphatic heterocycles. The standard InChI is InChI=1S/C22H24N2O4S/c1-13(2)16-6-4-5-14(3)21(16)24-20(26)12-28-22(27)15-7-8-18-17(11-15)23-19(25)9-10-29-18/h4-8,11,13H,9-10,12H2,1-3H3,(H,23,25)(H,24,26). The number of rotatable bonds is 5. The minimum Gasteiger partial charge on any atom is -0.452 e. The third kappa shape index (κ3) is 5.17. The quantitative estimate of drug-likeness (QED) is 0.714. The van der Waals surface area contributed by atoms with Gasteiger partial charge in [-0.05, 0) is 42.2 Å². The van der Waals surface area contributed by atoms with Gasteiger partial charge in [0.2, 0.25) is 5.91 Å². The number of thioether (sulfide) groups is 1. The molecule has 2 amide bonds. The molecule has 1 heterocycles. The van der Waals surface area contributed by atoms with Gasteiger partial charge in [-0.3, -0.25) is 9.59 Å². The summed E-state index contributed by atoms with van der Waals surface area (Å²) in [5.74, 6) is -0.144. The van der Waals surface area contributed by atoms with Gasteiger partial charge >= 0.3 is 5.97 Å². The lowest BCUT2D eigenvalue weighted by Crippen LogP contribution is -2.22. The van der Waals surface area contributed by atoms with Crippen LogP contribution >= 0.6 is 11.8 Å². The van der Waals surface area contributed by atoms with Crippen molar-refractivity contribution in [3.63, 3.8) is 0 Å². The Morgan fingerprint density at radius 3 is 2.79 bits per heavy atom. The van der Waals surface area contributed by atoms with E-state index in [-0.39, 0.29) is 24.0 Å². The Kier molecular flexibility index (Phi) is 6.59. The Labute approximate surface area is 174 Å². The maximum Gasteiger partial charge on any atom is 0.338 e. The topological polar surface area (TPSA) is 84.5 Å². The van der Waals surface area contributed by atoms with Crippen molar-refractivity contribution in [2.75, 3.05) is 23.0 Å². The molecule has 29 heavy (non-hydrogen) atoms. The smallest absolute Gasteiger partial charge is 0.338 e. The fraction of sp³-hybridized carbons (Fsp3) is 0.318. The molecular weight excluding hydrogens is 388 g/mol. The van der Waals surface area contributed by atoms with E-state index < -0.39 is 11.9 Å². The summed E-state index contributed by atoms with van der Waals surface area (Å²) in [6, 6.07) is 10.9. The van der Waals surface area contributed by atoms with Gasteiger partial charge in [0, 0.05) is 22.8 Å². The van der Waals surface area contributed by atoms with Crippen molar-refractivity contribution in [3.05, 3.63) is 53.1 Å². The Hall–Kier alpha value is -2.80. The normalized spacial score (nSPS) is 13.3. The molecule has 0 saturated carbocycles. The Morgan fingerprint density at radius 2 is 2.03 bits per heavy atom. The number of amides is 2. The lowest BCUT2D eigenvalue weighted by molar-refractivity contribution is -0.119. The van der Waals surface area contributed by atoms with Crippen LogP contribution in [0.4, 0.5) is 11.4 Å². The van der Waals surface area contributed by atoms with Crippen LogP contribution in [0.1, 0.15) is 47.7 Å². The van der Waals surface area contributed by atoms with Gasteiger partial charge in [-0.25, -0.2) is 4.79 Å². The van der Waals surface area contributed by atoms with E-state index in [0.717, 1.165) is 21.7 Å². The van der Waals surface area contributed by atoms with Crippen molar-refractivity contribution in [1.82, 2.24) is 0 Å². The summed E-state index contributed by atoms with van der Waals surface area (Å²) in [6.45, 7) is 5.65. The number of nitrogens with one attached hydrogen (secondary N) is 2. The summed E-state index contributed by atoms with van der Waals surface area (Å²) in [4.78, 5) is 37.4. The van der Waals surface area contributed by atoms with Crippen molar-refractivity contribution in [3.8, 4) is 0 Å². The fourth-order valence-corrected chi connectivity index (χ4v) is 4.02. The summed E-state index contributed by atoms with van der Waals surface area (Å²) in [5, 5.41) is 5.65. The van der Waals surface area contributed by atoms with Gasteiger partial charge in [0.25, 0.3) is 5.91 Å². The summed E-state index contributed by atoms with van der Waals surface area (Å²) in [6.07, 6.45) is 0.427. The number of hydrogen-bond acceptors (Lipinski definition) is 5. The van der Waals surface area contributed by atoms with Gasteiger partial charge in [-0.15, -0.1) is 11.8 Å². The summed E-state index contributed by atoms with van der Waals surface area (Å²) in [5.41, 5.74) is 3.63. The van der Waals surface area contributed by atoms with Gasteiger partial charge in [-0.2, -0.15) is 0 Å². The first-order valence-corrected chi connectivity index (χ1v) is 10.5. The summed E-state index contributed by atoms with van der Waals surface area (Å²) in [7, 11) is 0. The van der Waals surface area contributed by atoms with Crippen LogP contribution in [0, 0.1) is 6.92 Å². The van der Waals surface area contributed by atoms with E-state index in [1.807, 2.05) is 25.1 Å². The third-order valence-corrected chi connectivity index (χ3v) is 5.68. The minimum absolute atomic E-state index is 0.0830. The zero-order valence-electron chi connectivity index (χ0n) is 16.7. The second-order valence-corrected chi connectivity index (χ2v) is 8.31. The van der Waals surface area contributed by atoms with Crippen LogP contribution in [0.2, 0.25) is 0 Å². The largest absolute Gasteiger partial charge is 0.452 e. The van der Waals surface area contributed by atoms with Gasteiger partial charge in [0.1, 0.15) is 0 Å². The molecule has 2 aromatic rings. The number of carbonyl (C=O) groups is 3. The van der Waals surface area contributed by atoms with Crippen LogP contribution in [0.3, 0.4) is 0 Å². The molecule has 6 nitrogen and oxygen atoms in total. The average molecular weight is 413 g/mol. The monoisotopic (exact) mass is 412 g/mol. The summed E-state index contributed by atoms with van der Waals surface area (Å²) < 4.78 is 5.18. The molecule has 0 unspecified atom stereocenters. The molecule has 0 spiro atoms. The van der Waals surface area contributed by atoms with Crippen molar-refractivity contribution in [2.45, 2.75) is 38.0 Å². The highest BCUT2D eigenvalue weighted by Crippen LogP contribution is 2.31. The number of fused-ring (bicyclic) bond motifs is 1. The maximum absolute atomic E-state index is 12.4. The molecule has 0 saturated heterocycles. The van der Waals surface area contributed by atoms with Crippen molar-refractivity contribution >= 4 is 40.9 Å². The zero-order chi connectivity index (χ0) is 21.0. The SMILES string of the molecule is Cc1cccc(C(C)C)c1NC(=O)COC(=O)c1ccc2c(c1)NC(=O)CCS2. The van der Waals surface area contributed by atoms with Crippen LogP contribution in [0.5, 0.6) is 0 Å². The first-order chi connectivity index (χ1) is 13.8. The lowest BCUT2D eigenvalue weighted by Gasteiger charge is -2.16.